The van der Waals surface area contributed by atoms with Crippen molar-refractivity contribution in [3.05, 3.63) is 23.2 Å². The first-order valence-electron chi connectivity index (χ1n) is 10.7. The number of nitrogens with zero attached hydrogens (tertiary/aromatic N) is 1. The van der Waals surface area contributed by atoms with Gasteiger partial charge in [-0.1, -0.05) is 13.8 Å². The number of likely N-dealkylation sites (tertiary alicyclic amines) is 1. The van der Waals surface area contributed by atoms with Crippen molar-refractivity contribution in [1.82, 2.24) is 10.2 Å². The van der Waals surface area contributed by atoms with Crippen LogP contribution in [0.1, 0.15) is 85.3 Å². The standard InChI is InChI=1S/C22H30N2O6/c1-13(2)10-16(22(29)24-9-4-3-6-14(24)11-19(26)27)23-21(28)15-12-30-18-8-5-7-17(25)20(15)18/h12-14,16H,3-11H2,1-2H3,(H,23,28)(H,26,27). The van der Waals surface area contributed by atoms with Crippen molar-refractivity contribution in [2.24, 2.45) is 5.92 Å². The first kappa shape index (κ1) is 22.1. The van der Waals surface area contributed by atoms with E-state index in [1.807, 2.05) is 13.8 Å². The van der Waals surface area contributed by atoms with Crippen LogP contribution < -0.4 is 5.32 Å². The number of amides is 2. The van der Waals surface area contributed by atoms with Crippen LogP contribution in [0, 0.1) is 5.92 Å². The molecule has 2 atom stereocenters. The summed E-state index contributed by atoms with van der Waals surface area (Å²) in [6.07, 6.45) is 5.67. The van der Waals surface area contributed by atoms with Gasteiger partial charge < -0.3 is 19.7 Å². The van der Waals surface area contributed by atoms with E-state index in [0.717, 1.165) is 12.8 Å². The number of hydrogen-bond acceptors (Lipinski definition) is 5. The molecule has 0 saturated carbocycles. The molecule has 164 valence electrons. The second-order valence-corrected chi connectivity index (χ2v) is 8.66. The van der Waals surface area contributed by atoms with E-state index < -0.39 is 17.9 Å². The van der Waals surface area contributed by atoms with E-state index >= 15 is 0 Å². The number of aliphatic carboxylic acids is 1. The molecule has 30 heavy (non-hydrogen) atoms. The fraction of sp³-hybridized carbons (Fsp3) is 0.636. The van der Waals surface area contributed by atoms with E-state index in [9.17, 15) is 24.3 Å². The molecule has 1 aliphatic carbocycles. The average Bonchev–Trinajstić information content (AvgIpc) is 3.12. The Hall–Kier alpha value is -2.64. The summed E-state index contributed by atoms with van der Waals surface area (Å²) in [6.45, 7) is 4.40. The van der Waals surface area contributed by atoms with Crippen molar-refractivity contribution < 1.29 is 28.7 Å². The predicted molar refractivity (Wildman–Crippen MR) is 108 cm³/mol. The number of carboxylic acids is 1. The highest BCUT2D eigenvalue weighted by Crippen LogP contribution is 2.27. The molecule has 1 fully saturated rings. The van der Waals surface area contributed by atoms with E-state index in [1.165, 1.54) is 6.26 Å². The highest BCUT2D eigenvalue weighted by atomic mass is 16.4. The van der Waals surface area contributed by atoms with Gasteiger partial charge in [0, 0.05) is 25.4 Å². The van der Waals surface area contributed by atoms with Gasteiger partial charge >= 0.3 is 5.97 Å². The number of aryl methyl sites for hydroxylation is 1. The van der Waals surface area contributed by atoms with Crippen LogP contribution in [0.5, 0.6) is 0 Å². The molecule has 8 heteroatoms. The number of carbonyl (C=O) groups excluding carboxylic acids is 3. The molecule has 2 heterocycles. The Labute approximate surface area is 176 Å². The van der Waals surface area contributed by atoms with Gasteiger partial charge in [0.05, 0.1) is 17.5 Å². The molecule has 2 N–H and O–H groups in total. The zero-order chi connectivity index (χ0) is 21.8. The largest absolute Gasteiger partial charge is 0.481 e. The Morgan fingerprint density at radius 2 is 2.00 bits per heavy atom. The molecule has 2 aliphatic rings. The van der Waals surface area contributed by atoms with Gasteiger partial charge in [-0.2, -0.15) is 0 Å². The molecule has 0 aromatic carbocycles. The second kappa shape index (κ2) is 9.45. The fourth-order valence-corrected chi connectivity index (χ4v) is 4.42. The summed E-state index contributed by atoms with van der Waals surface area (Å²) < 4.78 is 5.44. The summed E-state index contributed by atoms with van der Waals surface area (Å²) in [5, 5.41) is 12.0. The van der Waals surface area contributed by atoms with Crippen molar-refractivity contribution in [2.45, 2.75) is 77.3 Å². The number of carboxylic acid groups (broad SMARTS) is 1. The molecule has 1 aromatic rings. The smallest absolute Gasteiger partial charge is 0.305 e. The number of furan rings is 1. The van der Waals surface area contributed by atoms with Crippen molar-refractivity contribution in [2.75, 3.05) is 6.54 Å². The first-order chi connectivity index (χ1) is 14.3. The molecular formula is C22H30N2O6. The molecule has 1 saturated heterocycles. The minimum absolute atomic E-state index is 0.0994. The van der Waals surface area contributed by atoms with Crippen molar-refractivity contribution >= 4 is 23.6 Å². The Kier molecular flexibility index (Phi) is 6.95. The predicted octanol–water partition coefficient (Wildman–Crippen LogP) is 2.80. The molecule has 1 aliphatic heterocycles. The van der Waals surface area contributed by atoms with Crippen molar-refractivity contribution in [3.63, 3.8) is 0 Å². The third-order valence-corrected chi connectivity index (χ3v) is 5.83. The number of ketones is 1. The Morgan fingerprint density at radius 1 is 1.23 bits per heavy atom. The van der Waals surface area contributed by atoms with Gasteiger partial charge in [0.2, 0.25) is 5.91 Å². The van der Waals surface area contributed by atoms with Crippen LogP contribution in [0.4, 0.5) is 0 Å². The number of piperidine rings is 1. The summed E-state index contributed by atoms with van der Waals surface area (Å²) in [5.74, 6) is -1.14. The summed E-state index contributed by atoms with van der Waals surface area (Å²) in [5.41, 5.74) is 0.508. The van der Waals surface area contributed by atoms with Crippen LogP contribution in [0.25, 0.3) is 0 Å². The van der Waals surface area contributed by atoms with Gasteiger partial charge in [0.1, 0.15) is 18.1 Å². The maximum absolute atomic E-state index is 13.3. The highest BCUT2D eigenvalue weighted by Gasteiger charge is 2.35. The number of Topliss-reactive ketones (excluding diaryl/α,β-unsaturated/α-hetero) is 1. The lowest BCUT2D eigenvalue weighted by atomic mass is 9.93. The molecule has 2 amide bonds. The number of fused-ring (bicyclic) bond motifs is 1. The van der Waals surface area contributed by atoms with Crippen LogP contribution in [0.3, 0.4) is 0 Å². The third kappa shape index (κ3) is 4.91. The van der Waals surface area contributed by atoms with Crippen LogP contribution in [0.2, 0.25) is 0 Å². The minimum Gasteiger partial charge on any atom is -0.481 e. The maximum atomic E-state index is 13.3. The van der Waals surface area contributed by atoms with E-state index in [2.05, 4.69) is 5.32 Å². The second-order valence-electron chi connectivity index (χ2n) is 8.66. The number of nitrogens with one attached hydrogen (secondary N) is 1. The van der Waals surface area contributed by atoms with E-state index in [1.54, 1.807) is 4.90 Å². The normalized spacial score (nSPS) is 20.0. The molecule has 0 radical (unpaired) electrons. The first-order valence-corrected chi connectivity index (χ1v) is 10.7. The van der Waals surface area contributed by atoms with Gasteiger partial charge in [-0.3, -0.25) is 19.2 Å². The minimum atomic E-state index is -0.937. The topological polar surface area (TPSA) is 117 Å². The molecule has 2 unspecified atom stereocenters. The molecular weight excluding hydrogens is 388 g/mol. The van der Waals surface area contributed by atoms with Gasteiger partial charge in [-0.05, 0) is 38.0 Å². The van der Waals surface area contributed by atoms with E-state index in [0.29, 0.717) is 50.0 Å². The van der Waals surface area contributed by atoms with Crippen LogP contribution in [0.15, 0.2) is 10.7 Å². The van der Waals surface area contributed by atoms with Gasteiger partial charge in [-0.15, -0.1) is 0 Å². The summed E-state index contributed by atoms with van der Waals surface area (Å²) in [6, 6.07) is -1.14. The molecule has 0 spiro atoms. The Bertz CT molecular complexity index is 828. The molecule has 3 rings (SSSR count). The van der Waals surface area contributed by atoms with Crippen molar-refractivity contribution in [3.8, 4) is 0 Å². The Balaban J connectivity index is 1.79. The SMILES string of the molecule is CC(C)CC(NC(=O)c1coc2c1C(=O)CCC2)C(=O)N1CCCCC1CC(=O)O. The van der Waals surface area contributed by atoms with Crippen molar-refractivity contribution in [1.29, 1.82) is 0 Å². The number of carbonyl (C=O) groups is 4. The summed E-state index contributed by atoms with van der Waals surface area (Å²) in [4.78, 5) is 51.4. The summed E-state index contributed by atoms with van der Waals surface area (Å²) in [7, 11) is 0. The van der Waals surface area contributed by atoms with Crippen LogP contribution in [-0.2, 0) is 16.0 Å². The fourth-order valence-electron chi connectivity index (χ4n) is 4.42. The number of rotatable bonds is 7. The Morgan fingerprint density at radius 3 is 2.70 bits per heavy atom. The van der Waals surface area contributed by atoms with E-state index in [-0.39, 0.29) is 35.6 Å². The summed E-state index contributed by atoms with van der Waals surface area (Å²) >= 11 is 0. The highest BCUT2D eigenvalue weighted by molar-refractivity contribution is 6.09. The van der Waals surface area contributed by atoms with E-state index in [4.69, 9.17) is 4.42 Å². The maximum Gasteiger partial charge on any atom is 0.305 e. The average molecular weight is 418 g/mol. The van der Waals surface area contributed by atoms with Gasteiger partial charge in [-0.25, -0.2) is 0 Å². The van der Waals surface area contributed by atoms with Crippen LogP contribution in [-0.4, -0.2) is 52.2 Å². The van der Waals surface area contributed by atoms with Gasteiger partial charge in [0.25, 0.3) is 5.91 Å². The van der Waals surface area contributed by atoms with Gasteiger partial charge in [0.15, 0.2) is 5.78 Å². The molecule has 1 aromatic heterocycles. The molecule has 8 nitrogen and oxygen atoms in total. The zero-order valence-electron chi connectivity index (χ0n) is 17.6. The lowest BCUT2D eigenvalue weighted by Crippen LogP contribution is -2.54. The number of hydrogen-bond donors (Lipinski definition) is 2. The third-order valence-electron chi connectivity index (χ3n) is 5.83. The monoisotopic (exact) mass is 418 g/mol. The quantitative estimate of drug-likeness (QED) is 0.703. The zero-order valence-corrected chi connectivity index (χ0v) is 17.6. The lowest BCUT2D eigenvalue weighted by Gasteiger charge is -2.37. The molecule has 0 bridgehead atoms. The van der Waals surface area contributed by atoms with Crippen LogP contribution >= 0.6 is 0 Å². The lowest BCUT2D eigenvalue weighted by molar-refractivity contribution is -0.143.